The van der Waals surface area contributed by atoms with Crippen LogP contribution in [0.3, 0.4) is 0 Å². The minimum atomic E-state index is -4.77. The molecule has 2 saturated heterocycles. The number of nitrogens with zero attached hydrogens (tertiary/aromatic N) is 1. The standard InChI is InChI=1S/C19H20F4N2O3/c20-15-2-1-10(5-14(15)19(21,22)23)7-24-18(27)17-12-8-25(9-13(12)17)11-3-4-28-16(26)6-11/h1-2,5,11-13,17H,3-4,6-9H2,(H,24,27). The largest absolute Gasteiger partial charge is 0.466 e. The summed E-state index contributed by atoms with van der Waals surface area (Å²) in [5, 5.41) is 2.67. The van der Waals surface area contributed by atoms with Gasteiger partial charge in [0, 0.05) is 31.6 Å². The van der Waals surface area contributed by atoms with E-state index >= 15 is 0 Å². The second-order valence-electron chi connectivity index (χ2n) is 7.70. The predicted octanol–water partition coefficient (Wildman–Crippen LogP) is 2.34. The van der Waals surface area contributed by atoms with E-state index in [0.29, 0.717) is 13.0 Å². The van der Waals surface area contributed by atoms with Gasteiger partial charge in [0.25, 0.3) is 0 Å². The van der Waals surface area contributed by atoms with E-state index in [2.05, 4.69) is 10.2 Å². The molecule has 1 N–H and O–H groups in total. The number of hydrogen-bond acceptors (Lipinski definition) is 4. The number of piperidine rings is 1. The Bertz CT molecular complexity index is 786. The summed E-state index contributed by atoms with van der Waals surface area (Å²) in [5.41, 5.74) is -1.13. The number of benzene rings is 1. The molecule has 3 unspecified atom stereocenters. The Kier molecular flexibility index (Phi) is 4.81. The number of hydrogen-bond donors (Lipinski definition) is 1. The molecule has 3 aliphatic rings. The van der Waals surface area contributed by atoms with E-state index in [0.717, 1.165) is 31.6 Å². The Morgan fingerprint density at radius 3 is 2.61 bits per heavy atom. The molecule has 0 bridgehead atoms. The number of fused-ring (bicyclic) bond motifs is 1. The van der Waals surface area contributed by atoms with Gasteiger partial charge in [-0.3, -0.25) is 14.5 Å². The van der Waals surface area contributed by atoms with Crippen LogP contribution in [0, 0.1) is 23.6 Å². The monoisotopic (exact) mass is 400 g/mol. The number of amides is 1. The summed E-state index contributed by atoms with van der Waals surface area (Å²) in [7, 11) is 0. The van der Waals surface area contributed by atoms with Crippen molar-refractivity contribution in [1.82, 2.24) is 10.2 Å². The van der Waals surface area contributed by atoms with E-state index in [4.69, 9.17) is 4.74 Å². The highest BCUT2D eigenvalue weighted by Crippen LogP contribution is 2.52. The van der Waals surface area contributed by atoms with Gasteiger partial charge in [-0.15, -0.1) is 0 Å². The Morgan fingerprint density at radius 2 is 1.96 bits per heavy atom. The van der Waals surface area contributed by atoms with Crippen LogP contribution in [-0.2, 0) is 27.0 Å². The second kappa shape index (κ2) is 7.02. The molecular weight excluding hydrogens is 380 g/mol. The summed E-state index contributed by atoms with van der Waals surface area (Å²) in [4.78, 5) is 26.0. The van der Waals surface area contributed by atoms with E-state index in [-0.39, 0.29) is 47.8 Å². The molecule has 152 valence electrons. The van der Waals surface area contributed by atoms with Gasteiger partial charge in [0.15, 0.2) is 0 Å². The normalized spacial score (nSPS) is 29.9. The molecule has 1 saturated carbocycles. The number of carbonyl (C=O) groups is 2. The Hall–Kier alpha value is -2.16. The summed E-state index contributed by atoms with van der Waals surface area (Å²) in [6.45, 7) is 1.85. The Morgan fingerprint density at radius 1 is 1.25 bits per heavy atom. The number of rotatable bonds is 4. The lowest BCUT2D eigenvalue weighted by Gasteiger charge is -2.31. The number of halogens is 4. The average molecular weight is 400 g/mol. The minimum absolute atomic E-state index is 0.0731. The predicted molar refractivity (Wildman–Crippen MR) is 89.3 cm³/mol. The molecule has 5 nitrogen and oxygen atoms in total. The minimum Gasteiger partial charge on any atom is -0.466 e. The fraction of sp³-hybridized carbons (Fsp3) is 0.579. The van der Waals surface area contributed by atoms with Crippen LogP contribution in [0.15, 0.2) is 18.2 Å². The highest BCUT2D eigenvalue weighted by Gasteiger charge is 2.60. The smallest absolute Gasteiger partial charge is 0.419 e. The first kappa shape index (κ1) is 19.2. The van der Waals surface area contributed by atoms with E-state index in [1.165, 1.54) is 6.07 Å². The van der Waals surface area contributed by atoms with Crippen molar-refractivity contribution in [2.45, 2.75) is 31.6 Å². The molecule has 0 radical (unpaired) electrons. The molecule has 9 heteroatoms. The zero-order valence-electron chi connectivity index (χ0n) is 15.0. The van der Waals surface area contributed by atoms with Crippen molar-refractivity contribution >= 4 is 11.9 Å². The number of esters is 1. The fourth-order valence-corrected chi connectivity index (χ4v) is 4.43. The van der Waals surface area contributed by atoms with Crippen molar-refractivity contribution in [2.75, 3.05) is 19.7 Å². The van der Waals surface area contributed by atoms with Crippen LogP contribution < -0.4 is 5.32 Å². The molecule has 1 aliphatic carbocycles. The highest BCUT2D eigenvalue weighted by molar-refractivity contribution is 5.82. The lowest BCUT2D eigenvalue weighted by atomic mass is 10.1. The third-order valence-corrected chi connectivity index (χ3v) is 5.96. The number of carbonyl (C=O) groups excluding carboxylic acids is 2. The van der Waals surface area contributed by atoms with Crippen LogP contribution in [0.1, 0.15) is 24.0 Å². The summed E-state index contributed by atoms with van der Waals surface area (Å²) < 4.78 is 56.6. The molecule has 0 aromatic heterocycles. The van der Waals surface area contributed by atoms with Gasteiger partial charge in [0.2, 0.25) is 5.91 Å². The van der Waals surface area contributed by atoms with E-state index in [9.17, 15) is 27.2 Å². The van der Waals surface area contributed by atoms with E-state index < -0.39 is 17.6 Å². The van der Waals surface area contributed by atoms with Gasteiger partial charge in [-0.05, 0) is 36.0 Å². The van der Waals surface area contributed by atoms with Gasteiger partial charge >= 0.3 is 12.1 Å². The van der Waals surface area contributed by atoms with Crippen LogP contribution in [0.2, 0.25) is 0 Å². The number of likely N-dealkylation sites (tertiary alicyclic amines) is 1. The second-order valence-corrected chi connectivity index (χ2v) is 7.70. The van der Waals surface area contributed by atoms with Gasteiger partial charge in [0.1, 0.15) is 5.82 Å². The van der Waals surface area contributed by atoms with Crippen molar-refractivity contribution in [3.05, 3.63) is 35.1 Å². The first-order valence-corrected chi connectivity index (χ1v) is 9.27. The fourth-order valence-electron chi connectivity index (χ4n) is 4.43. The first-order chi connectivity index (χ1) is 13.2. The summed E-state index contributed by atoms with van der Waals surface area (Å²) >= 11 is 0. The molecule has 1 amide bonds. The summed E-state index contributed by atoms with van der Waals surface area (Å²) in [5.74, 6) is -1.41. The van der Waals surface area contributed by atoms with Crippen LogP contribution >= 0.6 is 0 Å². The summed E-state index contributed by atoms with van der Waals surface area (Å²) in [6.07, 6.45) is -3.59. The number of ether oxygens (including phenoxy) is 1. The Labute approximate surface area is 159 Å². The highest BCUT2D eigenvalue weighted by atomic mass is 19.4. The lowest BCUT2D eigenvalue weighted by molar-refractivity contribution is -0.150. The third-order valence-electron chi connectivity index (χ3n) is 5.96. The Balaban J connectivity index is 1.28. The van der Waals surface area contributed by atoms with E-state index in [1.54, 1.807) is 0 Å². The first-order valence-electron chi connectivity index (χ1n) is 9.27. The maximum absolute atomic E-state index is 13.3. The topological polar surface area (TPSA) is 58.6 Å². The zero-order valence-corrected chi connectivity index (χ0v) is 15.0. The van der Waals surface area contributed by atoms with Gasteiger partial charge in [0.05, 0.1) is 18.6 Å². The molecular formula is C19H20F4N2O3. The molecule has 4 rings (SSSR count). The number of nitrogens with one attached hydrogen (secondary N) is 1. The third kappa shape index (κ3) is 3.72. The van der Waals surface area contributed by atoms with Crippen molar-refractivity contribution in [3.8, 4) is 0 Å². The molecule has 3 fully saturated rings. The average Bonchev–Trinajstić information content (AvgIpc) is 3.13. The van der Waals surface area contributed by atoms with Crippen LogP contribution in [0.5, 0.6) is 0 Å². The van der Waals surface area contributed by atoms with E-state index in [1.807, 2.05) is 0 Å². The maximum atomic E-state index is 13.3. The van der Waals surface area contributed by atoms with Crippen molar-refractivity contribution in [3.63, 3.8) is 0 Å². The molecule has 2 aliphatic heterocycles. The number of cyclic esters (lactones) is 1. The van der Waals surface area contributed by atoms with Gasteiger partial charge in [-0.2, -0.15) is 13.2 Å². The van der Waals surface area contributed by atoms with Crippen molar-refractivity contribution in [1.29, 1.82) is 0 Å². The molecule has 3 atom stereocenters. The van der Waals surface area contributed by atoms with Crippen LogP contribution in [-0.4, -0.2) is 42.5 Å². The SMILES string of the molecule is O=C1CC(N2CC3C(C2)C3C(=O)NCc2ccc(F)c(C(F)(F)F)c2)CCO1. The van der Waals surface area contributed by atoms with Crippen molar-refractivity contribution in [2.24, 2.45) is 17.8 Å². The van der Waals surface area contributed by atoms with Gasteiger partial charge in [-0.1, -0.05) is 6.07 Å². The number of alkyl halides is 3. The quantitative estimate of drug-likeness (QED) is 0.623. The lowest BCUT2D eigenvalue weighted by Crippen LogP contribution is -2.42. The molecule has 28 heavy (non-hydrogen) atoms. The van der Waals surface area contributed by atoms with Gasteiger partial charge < -0.3 is 10.1 Å². The van der Waals surface area contributed by atoms with Gasteiger partial charge in [-0.25, -0.2) is 4.39 Å². The van der Waals surface area contributed by atoms with Crippen molar-refractivity contribution < 1.29 is 31.9 Å². The molecule has 2 heterocycles. The maximum Gasteiger partial charge on any atom is 0.419 e. The molecule has 1 aromatic carbocycles. The van der Waals surface area contributed by atoms with Crippen LogP contribution in [0.25, 0.3) is 0 Å². The summed E-state index contributed by atoms with van der Waals surface area (Å²) in [6, 6.07) is 2.90. The molecule has 1 aromatic rings. The molecule has 0 spiro atoms. The van der Waals surface area contributed by atoms with Crippen LogP contribution in [0.4, 0.5) is 17.6 Å². The zero-order chi connectivity index (χ0) is 20.1.